The van der Waals surface area contributed by atoms with Gasteiger partial charge >= 0.3 is 5.69 Å². The Kier molecular flexibility index (Phi) is 4.93. The quantitative estimate of drug-likeness (QED) is 0.387. The van der Waals surface area contributed by atoms with E-state index < -0.39 is 0 Å². The van der Waals surface area contributed by atoms with E-state index in [0.717, 1.165) is 29.4 Å². The van der Waals surface area contributed by atoms with Gasteiger partial charge in [0, 0.05) is 19.3 Å². The van der Waals surface area contributed by atoms with Gasteiger partial charge in [0.15, 0.2) is 11.3 Å². The third-order valence-corrected chi connectivity index (χ3v) is 6.31. The molecule has 0 amide bonds. The van der Waals surface area contributed by atoms with Gasteiger partial charge in [0.1, 0.15) is 11.8 Å². The van der Waals surface area contributed by atoms with E-state index in [0.29, 0.717) is 42.6 Å². The summed E-state index contributed by atoms with van der Waals surface area (Å²) < 4.78 is 10.8. The Morgan fingerprint density at radius 3 is 2.68 bits per heavy atom. The number of aromatic nitrogens is 6. The summed E-state index contributed by atoms with van der Waals surface area (Å²) in [6.07, 6.45) is 4.87. The molecule has 1 aliphatic rings. The largest absolute Gasteiger partial charge is 0.381 e. The summed E-state index contributed by atoms with van der Waals surface area (Å²) in [5.74, 6) is 0.412. The summed E-state index contributed by atoms with van der Waals surface area (Å²) in [6, 6.07) is 15.2. The molecule has 0 spiro atoms. The highest BCUT2D eigenvalue weighted by molar-refractivity contribution is 5.81. The SMILES string of the molecule is [C-]#[N+]c1ccc2ncn(-c3ncc4c(n3)n(C3CCOCC3)c(=O)n4Cc3ccccc3)c2c1. The van der Waals surface area contributed by atoms with Crippen LogP contribution in [0.2, 0.25) is 0 Å². The standard InChI is InChI=1S/C25H21N7O2/c1-26-18-7-8-20-21(13-18)31(16-28-20)24-27-14-22-23(29-24)32(19-9-11-34-12-10-19)25(33)30(22)15-17-5-3-2-4-6-17/h2-8,13-14,16,19H,9-12,15H2. The Labute approximate surface area is 194 Å². The Hall–Kier alpha value is -4.29. The van der Waals surface area contributed by atoms with Gasteiger partial charge < -0.3 is 4.74 Å². The van der Waals surface area contributed by atoms with Crippen molar-refractivity contribution in [1.29, 1.82) is 0 Å². The summed E-state index contributed by atoms with van der Waals surface area (Å²) in [5.41, 5.74) is 4.24. The summed E-state index contributed by atoms with van der Waals surface area (Å²) >= 11 is 0. The van der Waals surface area contributed by atoms with E-state index in [2.05, 4.69) is 14.8 Å². The fourth-order valence-corrected chi connectivity index (χ4v) is 4.58. The van der Waals surface area contributed by atoms with Crippen molar-refractivity contribution in [1.82, 2.24) is 28.7 Å². The van der Waals surface area contributed by atoms with E-state index in [-0.39, 0.29) is 11.7 Å². The molecule has 0 aliphatic carbocycles. The molecule has 1 fully saturated rings. The van der Waals surface area contributed by atoms with Crippen molar-refractivity contribution in [3.05, 3.63) is 88.5 Å². The minimum absolute atomic E-state index is 0.0109. The molecule has 9 nitrogen and oxygen atoms in total. The lowest BCUT2D eigenvalue weighted by Crippen LogP contribution is -2.31. The van der Waals surface area contributed by atoms with Crippen LogP contribution in [0.25, 0.3) is 33.0 Å². The molecule has 0 bridgehead atoms. The predicted molar refractivity (Wildman–Crippen MR) is 127 cm³/mol. The van der Waals surface area contributed by atoms with Gasteiger partial charge in [0.05, 0.1) is 30.3 Å². The number of imidazole rings is 2. The van der Waals surface area contributed by atoms with E-state index in [1.165, 1.54) is 0 Å². The average molecular weight is 451 g/mol. The predicted octanol–water partition coefficient (Wildman–Crippen LogP) is 3.88. The molecule has 168 valence electrons. The summed E-state index contributed by atoms with van der Waals surface area (Å²) in [5, 5.41) is 0. The van der Waals surface area contributed by atoms with E-state index >= 15 is 0 Å². The first kappa shape index (κ1) is 20.3. The van der Waals surface area contributed by atoms with Crippen molar-refractivity contribution in [2.24, 2.45) is 0 Å². The van der Waals surface area contributed by atoms with Crippen molar-refractivity contribution in [2.75, 3.05) is 13.2 Å². The molecule has 6 rings (SSSR count). The third-order valence-electron chi connectivity index (χ3n) is 6.31. The number of rotatable bonds is 4. The second-order valence-corrected chi connectivity index (χ2v) is 8.35. The van der Waals surface area contributed by atoms with Crippen LogP contribution in [0.5, 0.6) is 0 Å². The first-order chi connectivity index (χ1) is 16.7. The third kappa shape index (κ3) is 3.36. The highest BCUT2D eigenvalue weighted by Crippen LogP contribution is 2.26. The van der Waals surface area contributed by atoms with Gasteiger partial charge in [-0.2, -0.15) is 4.98 Å². The molecule has 3 aromatic heterocycles. The Balaban J connectivity index is 1.54. The lowest BCUT2D eigenvalue weighted by atomic mass is 10.1. The molecule has 9 heteroatoms. The molecule has 0 radical (unpaired) electrons. The fraction of sp³-hybridized carbons (Fsp3) is 0.240. The zero-order valence-corrected chi connectivity index (χ0v) is 18.3. The molecule has 0 atom stereocenters. The number of hydrogen-bond acceptors (Lipinski definition) is 5. The molecular formula is C25H21N7O2. The number of ether oxygens (including phenoxy) is 1. The van der Waals surface area contributed by atoms with Crippen molar-refractivity contribution in [3.63, 3.8) is 0 Å². The fourth-order valence-electron chi connectivity index (χ4n) is 4.58. The van der Waals surface area contributed by atoms with Crippen LogP contribution in [0.3, 0.4) is 0 Å². The van der Waals surface area contributed by atoms with Gasteiger partial charge in [0.2, 0.25) is 5.95 Å². The summed E-state index contributed by atoms with van der Waals surface area (Å²) in [4.78, 5) is 31.1. The first-order valence-corrected chi connectivity index (χ1v) is 11.2. The van der Waals surface area contributed by atoms with Crippen LogP contribution >= 0.6 is 0 Å². The topological polar surface area (TPSA) is 84.1 Å². The monoisotopic (exact) mass is 451 g/mol. The van der Waals surface area contributed by atoms with Gasteiger partial charge in [-0.05, 0) is 30.5 Å². The Bertz CT molecular complexity index is 1600. The lowest BCUT2D eigenvalue weighted by molar-refractivity contribution is 0.0695. The normalized spacial score (nSPS) is 14.6. The molecule has 5 aromatic rings. The van der Waals surface area contributed by atoms with Crippen LogP contribution in [0, 0.1) is 6.57 Å². The molecule has 1 aliphatic heterocycles. The molecule has 0 saturated carbocycles. The van der Waals surface area contributed by atoms with Crippen LogP contribution < -0.4 is 5.69 Å². The number of hydrogen-bond donors (Lipinski definition) is 0. The lowest BCUT2D eigenvalue weighted by Gasteiger charge is -2.22. The first-order valence-electron chi connectivity index (χ1n) is 11.2. The molecule has 34 heavy (non-hydrogen) atoms. The number of benzene rings is 2. The Morgan fingerprint density at radius 1 is 1.06 bits per heavy atom. The van der Waals surface area contributed by atoms with Crippen LogP contribution in [-0.4, -0.2) is 41.9 Å². The average Bonchev–Trinajstić information content (AvgIpc) is 3.43. The molecule has 0 unspecified atom stereocenters. The van der Waals surface area contributed by atoms with Gasteiger partial charge in [-0.3, -0.25) is 13.7 Å². The zero-order chi connectivity index (χ0) is 23.1. The van der Waals surface area contributed by atoms with Crippen LogP contribution in [0.4, 0.5) is 5.69 Å². The maximum absolute atomic E-state index is 13.7. The van der Waals surface area contributed by atoms with Crippen molar-refractivity contribution < 1.29 is 4.74 Å². The second-order valence-electron chi connectivity index (χ2n) is 8.35. The Morgan fingerprint density at radius 2 is 1.88 bits per heavy atom. The maximum Gasteiger partial charge on any atom is 0.330 e. The van der Waals surface area contributed by atoms with Crippen molar-refractivity contribution in [3.8, 4) is 5.95 Å². The van der Waals surface area contributed by atoms with Gasteiger partial charge in [-0.1, -0.05) is 36.4 Å². The summed E-state index contributed by atoms with van der Waals surface area (Å²) in [6.45, 7) is 9.00. The van der Waals surface area contributed by atoms with E-state index in [9.17, 15) is 4.79 Å². The molecule has 0 N–H and O–H groups in total. The molecule has 2 aromatic carbocycles. The highest BCUT2D eigenvalue weighted by atomic mass is 16.5. The number of fused-ring (bicyclic) bond motifs is 2. The second kappa shape index (κ2) is 8.24. The molecule has 4 heterocycles. The number of nitrogens with zero attached hydrogens (tertiary/aromatic N) is 7. The van der Waals surface area contributed by atoms with Crippen LogP contribution in [-0.2, 0) is 11.3 Å². The van der Waals surface area contributed by atoms with Crippen molar-refractivity contribution in [2.45, 2.75) is 25.4 Å². The van der Waals surface area contributed by atoms with Crippen LogP contribution in [0.1, 0.15) is 24.4 Å². The van der Waals surface area contributed by atoms with Gasteiger partial charge in [-0.25, -0.2) is 19.6 Å². The summed E-state index contributed by atoms with van der Waals surface area (Å²) in [7, 11) is 0. The zero-order valence-electron chi connectivity index (χ0n) is 18.3. The smallest absolute Gasteiger partial charge is 0.330 e. The maximum atomic E-state index is 13.7. The van der Waals surface area contributed by atoms with E-state index in [4.69, 9.17) is 16.3 Å². The minimum Gasteiger partial charge on any atom is -0.381 e. The van der Waals surface area contributed by atoms with Gasteiger partial charge in [0.25, 0.3) is 0 Å². The van der Waals surface area contributed by atoms with Crippen molar-refractivity contribution >= 4 is 27.9 Å². The van der Waals surface area contributed by atoms with Gasteiger partial charge in [-0.15, -0.1) is 0 Å². The molecular weight excluding hydrogens is 430 g/mol. The van der Waals surface area contributed by atoms with E-state index in [1.807, 2.05) is 36.4 Å². The minimum atomic E-state index is -0.0945. The highest BCUT2D eigenvalue weighted by Gasteiger charge is 2.25. The van der Waals surface area contributed by atoms with Crippen LogP contribution in [0.15, 0.2) is 65.8 Å². The van der Waals surface area contributed by atoms with E-state index in [1.54, 1.807) is 38.4 Å². The molecule has 1 saturated heterocycles.